The molecule has 1 rings (SSSR count). The van der Waals surface area contributed by atoms with Crippen molar-refractivity contribution in [3.8, 4) is 0 Å². The number of hydrogen-bond donors (Lipinski definition) is 1. The molecule has 3 heteroatoms. The molecular formula is C14H31N3. The Morgan fingerprint density at radius 3 is 1.94 bits per heavy atom. The van der Waals surface area contributed by atoms with Crippen LogP contribution >= 0.6 is 0 Å². The standard InChI is InChI=1S/C14H31N3/c1-12(2)17-9-7-16(8-10-17)11-13(15-6)14(3,4)5/h12-13,15H,7-11H2,1-6H3. The van der Waals surface area contributed by atoms with E-state index in [9.17, 15) is 0 Å². The van der Waals surface area contributed by atoms with Gasteiger partial charge in [0.15, 0.2) is 0 Å². The number of piperazine rings is 1. The molecule has 0 aromatic heterocycles. The SMILES string of the molecule is CNC(CN1CCN(C(C)C)CC1)C(C)(C)C. The fourth-order valence-corrected chi connectivity index (χ4v) is 2.52. The zero-order chi connectivity index (χ0) is 13.1. The van der Waals surface area contributed by atoms with Gasteiger partial charge in [0, 0.05) is 44.8 Å². The van der Waals surface area contributed by atoms with Gasteiger partial charge in [-0.1, -0.05) is 20.8 Å². The zero-order valence-corrected chi connectivity index (χ0v) is 12.6. The van der Waals surface area contributed by atoms with Crippen molar-refractivity contribution in [1.29, 1.82) is 0 Å². The Morgan fingerprint density at radius 2 is 1.59 bits per heavy atom. The maximum Gasteiger partial charge on any atom is 0.0240 e. The van der Waals surface area contributed by atoms with E-state index in [0.29, 0.717) is 17.5 Å². The summed E-state index contributed by atoms with van der Waals surface area (Å²) in [5.41, 5.74) is 0.337. The van der Waals surface area contributed by atoms with Crippen LogP contribution in [0, 0.1) is 5.41 Å². The fraction of sp³-hybridized carbons (Fsp3) is 1.00. The molecule has 1 saturated heterocycles. The van der Waals surface area contributed by atoms with Crippen molar-refractivity contribution in [2.24, 2.45) is 5.41 Å². The van der Waals surface area contributed by atoms with E-state index < -0.39 is 0 Å². The molecule has 1 heterocycles. The van der Waals surface area contributed by atoms with Crippen molar-refractivity contribution < 1.29 is 0 Å². The van der Waals surface area contributed by atoms with Crippen LogP contribution in [-0.4, -0.2) is 61.7 Å². The van der Waals surface area contributed by atoms with E-state index in [4.69, 9.17) is 0 Å². The second kappa shape index (κ2) is 6.17. The molecule has 0 saturated carbocycles. The number of hydrogen-bond acceptors (Lipinski definition) is 3. The number of nitrogens with one attached hydrogen (secondary N) is 1. The minimum atomic E-state index is 0.337. The average Bonchev–Trinajstić information content (AvgIpc) is 2.24. The second-order valence-corrected chi connectivity index (χ2v) is 6.64. The van der Waals surface area contributed by atoms with Gasteiger partial charge in [0.05, 0.1) is 0 Å². The first kappa shape index (κ1) is 14.9. The summed E-state index contributed by atoms with van der Waals surface area (Å²) in [6.07, 6.45) is 0. The van der Waals surface area contributed by atoms with Crippen molar-refractivity contribution in [3.05, 3.63) is 0 Å². The van der Waals surface area contributed by atoms with E-state index in [1.165, 1.54) is 32.7 Å². The largest absolute Gasteiger partial charge is 0.315 e. The molecule has 1 atom stereocenters. The summed E-state index contributed by atoms with van der Waals surface area (Å²) in [6, 6.07) is 1.27. The van der Waals surface area contributed by atoms with Gasteiger partial charge < -0.3 is 5.32 Å². The zero-order valence-electron chi connectivity index (χ0n) is 12.6. The molecule has 102 valence electrons. The monoisotopic (exact) mass is 241 g/mol. The highest BCUT2D eigenvalue weighted by atomic mass is 15.3. The Morgan fingerprint density at radius 1 is 1.06 bits per heavy atom. The molecule has 0 aliphatic carbocycles. The molecule has 0 aromatic rings. The van der Waals surface area contributed by atoms with Crippen LogP contribution in [0.5, 0.6) is 0 Å². The molecule has 1 aliphatic rings. The maximum absolute atomic E-state index is 3.47. The lowest BCUT2D eigenvalue weighted by molar-refractivity contribution is 0.0876. The van der Waals surface area contributed by atoms with Crippen molar-refractivity contribution in [3.63, 3.8) is 0 Å². The van der Waals surface area contributed by atoms with Crippen LogP contribution in [-0.2, 0) is 0 Å². The van der Waals surface area contributed by atoms with Crippen molar-refractivity contribution >= 4 is 0 Å². The lowest BCUT2D eigenvalue weighted by atomic mass is 9.86. The van der Waals surface area contributed by atoms with E-state index in [1.54, 1.807) is 0 Å². The highest BCUT2D eigenvalue weighted by Gasteiger charge is 2.27. The van der Waals surface area contributed by atoms with Gasteiger partial charge in [-0.2, -0.15) is 0 Å². The molecule has 17 heavy (non-hydrogen) atoms. The summed E-state index contributed by atoms with van der Waals surface area (Å²) >= 11 is 0. The van der Waals surface area contributed by atoms with E-state index in [0.717, 1.165) is 0 Å². The third-order valence-electron chi connectivity index (χ3n) is 3.97. The number of nitrogens with zero attached hydrogens (tertiary/aromatic N) is 2. The van der Waals surface area contributed by atoms with Gasteiger partial charge in [0.25, 0.3) is 0 Å². The molecule has 0 aromatic carbocycles. The van der Waals surface area contributed by atoms with Gasteiger partial charge in [-0.15, -0.1) is 0 Å². The van der Waals surface area contributed by atoms with E-state index >= 15 is 0 Å². The van der Waals surface area contributed by atoms with Crippen LogP contribution in [0.3, 0.4) is 0 Å². The summed E-state index contributed by atoms with van der Waals surface area (Å²) in [5.74, 6) is 0. The third kappa shape index (κ3) is 4.57. The minimum absolute atomic E-state index is 0.337. The first-order chi connectivity index (χ1) is 7.84. The molecule has 0 spiro atoms. The van der Waals surface area contributed by atoms with Gasteiger partial charge in [0.2, 0.25) is 0 Å². The van der Waals surface area contributed by atoms with Gasteiger partial charge in [0.1, 0.15) is 0 Å². The summed E-state index contributed by atoms with van der Waals surface area (Å²) in [4.78, 5) is 5.17. The molecule has 0 radical (unpaired) electrons. The predicted octanol–water partition coefficient (Wildman–Crippen LogP) is 1.65. The predicted molar refractivity (Wildman–Crippen MR) is 75.5 cm³/mol. The fourth-order valence-electron chi connectivity index (χ4n) is 2.52. The first-order valence-corrected chi connectivity index (χ1v) is 6.98. The Balaban J connectivity index is 2.39. The first-order valence-electron chi connectivity index (χ1n) is 6.98. The smallest absolute Gasteiger partial charge is 0.0240 e. The molecule has 0 bridgehead atoms. The summed E-state index contributed by atoms with van der Waals surface area (Å²) in [5, 5.41) is 3.47. The summed E-state index contributed by atoms with van der Waals surface area (Å²) in [6.45, 7) is 17.6. The summed E-state index contributed by atoms with van der Waals surface area (Å²) < 4.78 is 0. The van der Waals surface area contributed by atoms with Crippen LogP contribution in [0.1, 0.15) is 34.6 Å². The minimum Gasteiger partial charge on any atom is -0.315 e. The molecule has 0 amide bonds. The van der Waals surface area contributed by atoms with Crippen LogP contribution in [0.15, 0.2) is 0 Å². The molecular weight excluding hydrogens is 210 g/mol. The maximum atomic E-state index is 3.47. The Hall–Kier alpha value is -0.120. The molecule has 3 nitrogen and oxygen atoms in total. The third-order valence-corrected chi connectivity index (χ3v) is 3.97. The van der Waals surface area contributed by atoms with Crippen molar-refractivity contribution in [2.75, 3.05) is 39.8 Å². The van der Waals surface area contributed by atoms with Crippen molar-refractivity contribution in [2.45, 2.75) is 46.7 Å². The van der Waals surface area contributed by atoms with Gasteiger partial charge in [-0.05, 0) is 26.3 Å². The molecule has 1 aliphatic heterocycles. The number of likely N-dealkylation sites (N-methyl/N-ethyl adjacent to an activating group) is 1. The van der Waals surface area contributed by atoms with Gasteiger partial charge in [-0.3, -0.25) is 9.80 Å². The Bertz CT molecular complexity index is 212. The van der Waals surface area contributed by atoms with Gasteiger partial charge in [-0.25, -0.2) is 0 Å². The molecule has 1 unspecified atom stereocenters. The van der Waals surface area contributed by atoms with Gasteiger partial charge >= 0.3 is 0 Å². The van der Waals surface area contributed by atoms with E-state index in [2.05, 4.69) is 56.8 Å². The number of rotatable bonds is 4. The second-order valence-electron chi connectivity index (χ2n) is 6.64. The van der Waals surface area contributed by atoms with Crippen LogP contribution in [0.4, 0.5) is 0 Å². The highest BCUT2D eigenvalue weighted by molar-refractivity contribution is 4.84. The Kier molecular flexibility index (Phi) is 5.42. The topological polar surface area (TPSA) is 18.5 Å². The highest BCUT2D eigenvalue weighted by Crippen LogP contribution is 2.20. The molecule has 1 fully saturated rings. The van der Waals surface area contributed by atoms with Crippen LogP contribution in [0.25, 0.3) is 0 Å². The van der Waals surface area contributed by atoms with Crippen LogP contribution in [0.2, 0.25) is 0 Å². The summed E-state index contributed by atoms with van der Waals surface area (Å²) in [7, 11) is 2.08. The van der Waals surface area contributed by atoms with E-state index in [1.807, 2.05) is 0 Å². The quantitative estimate of drug-likeness (QED) is 0.807. The lowest BCUT2D eigenvalue weighted by Gasteiger charge is -2.40. The lowest BCUT2D eigenvalue weighted by Crippen LogP contribution is -2.54. The molecule has 1 N–H and O–H groups in total. The Labute approximate surface area is 108 Å². The normalized spacial score (nSPS) is 22.1. The average molecular weight is 241 g/mol. The van der Waals surface area contributed by atoms with E-state index in [-0.39, 0.29) is 0 Å². The van der Waals surface area contributed by atoms with Crippen LogP contribution < -0.4 is 5.32 Å². The van der Waals surface area contributed by atoms with Crippen molar-refractivity contribution in [1.82, 2.24) is 15.1 Å².